The molecule has 24 heavy (non-hydrogen) atoms. The summed E-state index contributed by atoms with van der Waals surface area (Å²) in [7, 11) is 0. The van der Waals surface area contributed by atoms with Crippen molar-refractivity contribution in [3.63, 3.8) is 0 Å². The predicted molar refractivity (Wildman–Crippen MR) is 92.0 cm³/mol. The van der Waals surface area contributed by atoms with Crippen molar-refractivity contribution in [2.75, 3.05) is 5.32 Å². The normalized spacial score (nSPS) is 12.0. The lowest BCUT2D eigenvalue weighted by Gasteiger charge is -2.15. The van der Waals surface area contributed by atoms with Crippen molar-refractivity contribution in [3.8, 4) is 0 Å². The number of para-hydroxylation sites is 1. The van der Waals surface area contributed by atoms with Crippen molar-refractivity contribution < 1.29 is 14.7 Å². The summed E-state index contributed by atoms with van der Waals surface area (Å²) < 4.78 is 0. The Labute approximate surface area is 138 Å². The highest BCUT2D eigenvalue weighted by Crippen LogP contribution is 2.20. The average Bonchev–Trinajstić information content (AvgIpc) is 2.98. The molecule has 1 aromatic heterocycles. The van der Waals surface area contributed by atoms with Crippen LogP contribution < -0.4 is 11.1 Å². The molecule has 2 aromatic carbocycles. The van der Waals surface area contributed by atoms with E-state index in [9.17, 15) is 14.7 Å². The van der Waals surface area contributed by atoms with Crippen LogP contribution in [-0.2, 0) is 11.2 Å². The summed E-state index contributed by atoms with van der Waals surface area (Å²) >= 11 is 0. The molecule has 6 heteroatoms. The number of rotatable bonds is 6. The van der Waals surface area contributed by atoms with Crippen LogP contribution in [-0.4, -0.2) is 28.0 Å². The zero-order valence-electron chi connectivity index (χ0n) is 12.8. The number of primary amides is 1. The average molecular weight is 323 g/mol. The second-order valence-corrected chi connectivity index (χ2v) is 5.54. The van der Waals surface area contributed by atoms with E-state index in [0.29, 0.717) is 17.7 Å². The summed E-state index contributed by atoms with van der Waals surface area (Å²) in [6, 6.07) is 13.4. The minimum Gasteiger partial charge on any atom is -0.480 e. The summed E-state index contributed by atoms with van der Waals surface area (Å²) in [5.74, 6) is -1.46. The van der Waals surface area contributed by atoms with E-state index in [1.54, 1.807) is 24.3 Å². The molecule has 6 nitrogen and oxygen atoms in total. The van der Waals surface area contributed by atoms with Gasteiger partial charge in [0, 0.05) is 34.8 Å². The Kier molecular flexibility index (Phi) is 4.20. The van der Waals surface area contributed by atoms with Crippen LogP contribution in [0.5, 0.6) is 0 Å². The first kappa shape index (κ1) is 15.6. The molecule has 0 spiro atoms. The summed E-state index contributed by atoms with van der Waals surface area (Å²) in [4.78, 5) is 25.8. The minimum atomic E-state index is -0.945. The molecule has 1 heterocycles. The molecule has 0 bridgehead atoms. The lowest BCUT2D eigenvalue weighted by molar-refractivity contribution is -0.137. The van der Waals surface area contributed by atoms with Crippen LogP contribution in [0, 0.1) is 0 Å². The van der Waals surface area contributed by atoms with Crippen molar-refractivity contribution in [2.45, 2.75) is 12.5 Å². The third kappa shape index (κ3) is 3.22. The number of carbonyl (C=O) groups is 2. The lowest BCUT2D eigenvalue weighted by atomic mass is 10.0. The first-order valence-corrected chi connectivity index (χ1v) is 7.49. The summed E-state index contributed by atoms with van der Waals surface area (Å²) in [5.41, 5.74) is 8.10. The number of carboxylic acids is 1. The zero-order valence-corrected chi connectivity index (χ0v) is 12.8. The molecule has 0 unspecified atom stereocenters. The van der Waals surface area contributed by atoms with Crippen molar-refractivity contribution in [1.82, 2.24) is 4.98 Å². The summed E-state index contributed by atoms with van der Waals surface area (Å²) in [6.07, 6.45) is 2.16. The first-order chi connectivity index (χ1) is 11.5. The highest BCUT2D eigenvalue weighted by Gasteiger charge is 2.19. The second kappa shape index (κ2) is 6.45. The number of carbonyl (C=O) groups excluding carboxylic acids is 1. The number of benzene rings is 2. The van der Waals surface area contributed by atoms with E-state index in [0.717, 1.165) is 16.5 Å². The van der Waals surface area contributed by atoms with E-state index in [4.69, 9.17) is 5.73 Å². The number of aromatic nitrogens is 1. The van der Waals surface area contributed by atoms with Gasteiger partial charge in [-0.05, 0) is 35.9 Å². The second-order valence-electron chi connectivity index (χ2n) is 5.54. The molecule has 0 saturated carbocycles. The van der Waals surface area contributed by atoms with Gasteiger partial charge in [-0.2, -0.15) is 0 Å². The Morgan fingerprint density at radius 1 is 1.12 bits per heavy atom. The maximum atomic E-state index is 11.6. The third-order valence-electron chi connectivity index (χ3n) is 3.91. The van der Waals surface area contributed by atoms with Crippen LogP contribution in [0.3, 0.4) is 0 Å². The highest BCUT2D eigenvalue weighted by atomic mass is 16.4. The summed E-state index contributed by atoms with van der Waals surface area (Å²) in [5, 5.41) is 13.5. The first-order valence-electron chi connectivity index (χ1n) is 7.49. The molecule has 0 saturated heterocycles. The SMILES string of the molecule is NC(=O)c1ccc(N[C@@H](Cc2c[nH]c3ccccc23)C(=O)O)cc1. The van der Waals surface area contributed by atoms with E-state index in [1.807, 2.05) is 30.5 Å². The van der Waals surface area contributed by atoms with Gasteiger partial charge in [-0.3, -0.25) is 4.79 Å². The van der Waals surface area contributed by atoms with Crippen LogP contribution in [0.25, 0.3) is 10.9 Å². The van der Waals surface area contributed by atoms with Gasteiger partial charge in [0.25, 0.3) is 0 Å². The Hall–Kier alpha value is -3.28. The maximum Gasteiger partial charge on any atom is 0.326 e. The van der Waals surface area contributed by atoms with Crippen molar-refractivity contribution >= 4 is 28.5 Å². The highest BCUT2D eigenvalue weighted by molar-refractivity contribution is 5.93. The minimum absolute atomic E-state index is 0.330. The zero-order chi connectivity index (χ0) is 17.1. The van der Waals surface area contributed by atoms with Gasteiger partial charge in [-0.15, -0.1) is 0 Å². The molecule has 0 radical (unpaired) electrons. The van der Waals surface area contributed by atoms with Crippen LogP contribution in [0.1, 0.15) is 15.9 Å². The fourth-order valence-electron chi connectivity index (χ4n) is 2.65. The van der Waals surface area contributed by atoms with Gasteiger partial charge in [0.1, 0.15) is 6.04 Å². The van der Waals surface area contributed by atoms with Gasteiger partial charge in [-0.25, -0.2) is 4.79 Å². The number of hydrogen-bond donors (Lipinski definition) is 4. The van der Waals surface area contributed by atoms with E-state index in [-0.39, 0.29) is 0 Å². The number of amides is 1. The fourth-order valence-corrected chi connectivity index (χ4v) is 2.65. The molecule has 0 fully saturated rings. The standard InChI is InChI=1S/C18H17N3O3/c19-17(22)11-5-7-13(8-6-11)21-16(18(23)24)9-12-10-20-15-4-2-1-3-14(12)15/h1-8,10,16,20-21H,9H2,(H2,19,22)(H,23,24)/t16-/m0/s1. The van der Waals surface area contributed by atoms with Crippen LogP contribution in [0.2, 0.25) is 0 Å². The van der Waals surface area contributed by atoms with Gasteiger partial charge < -0.3 is 21.1 Å². The largest absolute Gasteiger partial charge is 0.480 e. The number of aliphatic carboxylic acids is 1. The Balaban J connectivity index is 1.80. The maximum absolute atomic E-state index is 11.6. The van der Waals surface area contributed by atoms with Crippen molar-refractivity contribution in [3.05, 3.63) is 65.9 Å². The van der Waals surface area contributed by atoms with E-state index >= 15 is 0 Å². The van der Waals surface area contributed by atoms with E-state index < -0.39 is 17.9 Å². The molecule has 1 atom stereocenters. The molecule has 122 valence electrons. The molecule has 0 aliphatic rings. The predicted octanol–water partition coefficient (Wildman–Crippen LogP) is 2.37. The monoisotopic (exact) mass is 323 g/mol. The Morgan fingerprint density at radius 3 is 2.50 bits per heavy atom. The number of anilines is 1. The molecule has 5 N–H and O–H groups in total. The number of hydrogen-bond acceptors (Lipinski definition) is 3. The fraction of sp³-hybridized carbons (Fsp3) is 0.111. The quantitative estimate of drug-likeness (QED) is 0.558. The topological polar surface area (TPSA) is 108 Å². The van der Waals surface area contributed by atoms with Gasteiger partial charge in [0.15, 0.2) is 0 Å². The molecule has 3 aromatic rings. The van der Waals surface area contributed by atoms with Crippen molar-refractivity contribution in [1.29, 1.82) is 0 Å². The third-order valence-corrected chi connectivity index (χ3v) is 3.91. The van der Waals surface area contributed by atoms with E-state index in [2.05, 4.69) is 10.3 Å². The lowest BCUT2D eigenvalue weighted by Crippen LogP contribution is -2.31. The number of H-pyrrole nitrogens is 1. The van der Waals surface area contributed by atoms with Crippen LogP contribution >= 0.6 is 0 Å². The van der Waals surface area contributed by atoms with Crippen LogP contribution in [0.15, 0.2) is 54.7 Å². The number of fused-ring (bicyclic) bond motifs is 1. The number of carboxylic acid groups (broad SMARTS) is 1. The van der Waals surface area contributed by atoms with E-state index in [1.165, 1.54) is 0 Å². The molecular formula is C18H17N3O3. The number of nitrogens with one attached hydrogen (secondary N) is 2. The summed E-state index contributed by atoms with van der Waals surface area (Å²) in [6.45, 7) is 0. The Morgan fingerprint density at radius 2 is 1.83 bits per heavy atom. The van der Waals surface area contributed by atoms with Crippen LogP contribution in [0.4, 0.5) is 5.69 Å². The van der Waals surface area contributed by atoms with Gasteiger partial charge in [0.2, 0.25) is 5.91 Å². The molecular weight excluding hydrogens is 306 g/mol. The molecule has 0 aliphatic carbocycles. The van der Waals surface area contributed by atoms with Gasteiger partial charge in [-0.1, -0.05) is 18.2 Å². The molecule has 1 amide bonds. The van der Waals surface area contributed by atoms with Crippen molar-refractivity contribution in [2.24, 2.45) is 5.73 Å². The number of aromatic amines is 1. The molecule has 0 aliphatic heterocycles. The smallest absolute Gasteiger partial charge is 0.326 e. The van der Waals surface area contributed by atoms with Gasteiger partial charge in [0.05, 0.1) is 0 Å². The molecule has 3 rings (SSSR count). The Bertz CT molecular complexity index is 884. The number of nitrogens with two attached hydrogens (primary N) is 1. The van der Waals surface area contributed by atoms with Gasteiger partial charge >= 0.3 is 5.97 Å².